The Balaban J connectivity index is 2.32. The van der Waals surface area contributed by atoms with E-state index in [0.29, 0.717) is 0 Å². The molecule has 0 aliphatic heterocycles. The summed E-state index contributed by atoms with van der Waals surface area (Å²) in [4.78, 5) is 17.0. The minimum Gasteiger partial charge on any atom is -0.278 e. The first-order valence-corrected chi connectivity index (χ1v) is 7.89. The van der Waals surface area contributed by atoms with Crippen molar-refractivity contribution in [1.82, 2.24) is 9.97 Å². The van der Waals surface area contributed by atoms with Gasteiger partial charge in [-0.15, -0.1) is 0 Å². The van der Waals surface area contributed by atoms with Gasteiger partial charge in [0.2, 0.25) is 5.28 Å². The van der Waals surface area contributed by atoms with Gasteiger partial charge in [0.15, 0.2) is 0 Å². The van der Waals surface area contributed by atoms with Crippen LogP contribution in [0.5, 0.6) is 0 Å². The zero-order chi connectivity index (χ0) is 15.6. The van der Waals surface area contributed by atoms with Crippen LogP contribution in [0.2, 0.25) is 5.28 Å². The molecule has 0 bridgehead atoms. The fraction of sp³-hybridized carbons (Fsp3) is 0. The molecular weight excluding hydrogens is 388 g/mol. The molecule has 110 valence electrons. The summed E-state index contributed by atoms with van der Waals surface area (Å²) in [7, 11) is -3.92. The summed E-state index contributed by atoms with van der Waals surface area (Å²) in [5.74, 6) is 0. The maximum atomic E-state index is 12.1. The zero-order valence-electron chi connectivity index (χ0n) is 10.0. The second-order valence-corrected chi connectivity index (χ2v) is 6.59. The number of nitrogens with zero attached hydrogens (tertiary/aromatic N) is 3. The van der Waals surface area contributed by atoms with Crippen LogP contribution in [0, 0.1) is 10.1 Å². The molecule has 0 fully saturated rings. The first kappa shape index (κ1) is 15.6. The van der Waals surface area contributed by atoms with Gasteiger partial charge in [0.25, 0.3) is 15.7 Å². The van der Waals surface area contributed by atoms with Crippen LogP contribution in [0.25, 0.3) is 0 Å². The Morgan fingerprint density at radius 3 is 2.43 bits per heavy atom. The van der Waals surface area contributed by atoms with Crippen LogP contribution in [0.3, 0.4) is 0 Å². The van der Waals surface area contributed by atoms with E-state index in [1.807, 2.05) is 0 Å². The highest BCUT2D eigenvalue weighted by molar-refractivity contribution is 9.10. The Morgan fingerprint density at radius 1 is 1.29 bits per heavy atom. The van der Waals surface area contributed by atoms with Crippen LogP contribution >= 0.6 is 27.5 Å². The quantitative estimate of drug-likeness (QED) is 0.485. The fourth-order valence-corrected chi connectivity index (χ4v) is 3.01. The molecule has 21 heavy (non-hydrogen) atoms. The number of halogens is 2. The number of rotatable bonds is 4. The third kappa shape index (κ3) is 3.65. The van der Waals surface area contributed by atoms with Crippen molar-refractivity contribution in [2.45, 2.75) is 4.90 Å². The number of hydrogen-bond acceptors (Lipinski definition) is 6. The molecule has 8 nitrogen and oxygen atoms in total. The SMILES string of the molecule is O=[N+]([O-])c1ccc(NS(=O)(=O)c2cnc(Cl)nc2)c(Br)c1. The Labute approximate surface area is 132 Å². The maximum Gasteiger partial charge on any atom is 0.270 e. The summed E-state index contributed by atoms with van der Waals surface area (Å²) in [6.45, 7) is 0. The van der Waals surface area contributed by atoms with Crippen molar-refractivity contribution in [3.8, 4) is 0 Å². The van der Waals surface area contributed by atoms with Crippen molar-refractivity contribution >= 4 is 48.9 Å². The van der Waals surface area contributed by atoms with Gasteiger partial charge in [-0.25, -0.2) is 18.4 Å². The number of nitro groups is 1. The zero-order valence-corrected chi connectivity index (χ0v) is 13.2. The van der Waals surface area contributed by atoms with E-state index >= 15 is 0 Å². The van der Waals surface area contributed by atoms with E-state index in [-0.39, 0.29) is 26.0 Å². The number of anilines is 1. The lowest BCUT2D eigenvalue weighted by Gasteiger charge is -2.09. The van der Waals surface area contributed by atoms with Gasteiger partial charge in [-0.1, -0.05) is 0 Å². The lowest BCUT2D eigenvalue weighted by molar-refractivity contribution is -0.384. The molecular formula is C10H6BrClN4O4S. The molecule has 0 radical (unpaired) electrons. The molecule has 0 amide bonds. The summed E-state index contributed by atoms with van der Waals surface area (Å²) < 4.78 is 26.7. The van der Waals surface area contributed by atoms with Gasteiger partial charge in [-0.3, -0.25) is 14.8 Å². The average molecular weight is 394 g/mol. The van der Waals surface area contributed by atoms with E-state index in [0.717, 1.165) is 12.4 Å². The molecule has 0 spiro atoms. The molecule has 0 atom stereocenters. The van der Waals surface area contributed by atoms with E-state index in [9.17, 15) is 18.5 Å². The fourth-order valence-electron chi connectivity index (χ4n) is 1.34. The van der Waals surface area contributed by atoms with Crippen LogP contribution in [0.4, 0.5) is 11.4 Å². The standard InChI is InChI=1S/C10H6BrClN4O4S/c11-8-3-6(16(17)18)1-2-9(8)15-21(19,20)7-4-13-10(12)14-5-7/h1-5,15H. The highest BCUT2D eigenvalue weighted by Crippen LogP contribution is 2.28. The number of nitro benzene ring substituents is 1. The Morgan fingerprint density at radius 2 is 1.90 bits per heavy atom. The predicted octanol–water partition coefficient (Wildman–Crippen LogP) is 2.60. The molecule has 2 rings (SSSR count). The molecule has 0 saturated heterocycles. The molecule has 1 aromatic carbocycles. The third-order valence-electron chi connectivity index (χ3n) is 2.31. The summed E-state index contributed by atoms with van der Waals surface area (Å²) in [6.07, 6.45) is 2.11. The molecule has 0 aliphatic carbocycles. The number of nitrogens with one attached hydrogen (secondary N) is 1. The van der Waals surface area contributed by atoms with Crippen molar-refractivity contribution < 1.29 is 13.3 Å². The van der Waals surface area contributed by atoms with Crippen LogP contribution in [0.1, 0.15) is 0 Å². The minimum atomic E-state index is -3.92. The van der Waals surface area contributed by atoms with E-state index in [1.165, 1.54) is 18.2 Å². The average Bonchev–Trinajstić information content (AvgIpc) is 2.41. The van der Waals surface area contributed by atoms with Crippen LogP contribution < -0.4 is 4.72 Å². The van der Waals surface area contributed by atoms with Crippen LogP contribution in [-0.2, 0) is 10.0 Å². The number of hydrogen-bond donors (Lipinski definition) is 1. The molecule has 1 aromatic heterocycles. The van der Waals surface area contributed by atoms with Crippen molar-refractivity contribution in [3.63, 3.8) is 0 Å². The van der Waals surface area contributed by atoms with Gasteiger partial charge < -0.3 is 0 Å². The van der Waals surface area contributed by atoms with Crippen molar-refractivity contribution in [1.29, 1.82) is 0 Å². The number of benzene rings is 1. The Bertz CT molecular complexity index is 797. The topological polar surface area (TPSA) is 115 Å². The predicted molar refractivity (Wildman–Crippen MR) is 78.6 cm³/mol. The largest absolute Gasteiger partial charge is 0.278 e. The van der Waals surface area contributed by atoms with E-state index in [4.69, 9.17) is 11.6 Å². The molecule has 1 N–H and O–H groups in total. The van der Waals surface area contributed by atoms with Gasteiger partial charge in [-0.05, 0) is 33.6 Å². The first-order valence-electron chi connectivity index (χ1n) is 5.24. The molecule has 1 heterocycles. The summed E-state index contributed by atoms with van der Waals surface area (Å²) in [6, 6.07) is 3.65. The van der Waals surface area contributed by atoms with Gasteiger partial charge in [-0.2, -0.15) is 0 Å². The summed E-state index contributed by atoms with van der Waals surface area (Å²) in [5.41, 5.74) is -0.0183. The molecule has 0 aliphatic rings. The second-order valence-electron chi connectivity index (χ2n) is 3.71. The van der Waals surface area contributed by atoms with E-state index in [1.54, 1.807) is 0 Å². The monoisotopic (exact) mass is 392 g/mol. The third-order valence-corrected chi connectivity index (χ3v) is 4.49. The van der Waals surface area contributed by atoms with Crippen LogP contribution in [0.15, 0.2) is 40.0 Å². The van der Waals surface area contributed by atoms with Crippen molar-refractivity contribution in [2.75, 3.05) is 4.72 Å². The smallest absolute Gasteiger partial charge is 0.270 e. The second kappa shape index (κ2) is 5.92. The molecule has 2 aromatic rings. The van der Waals surface area contributed by atoms with Gasteiger partial charge in [0.05, 0.1) is 23.0 Å². The highest BCUT2D eigenvalue weighted by atomic mass is 79.9. The molecule has 0 saturated carbocycles. The first-order chi connectivity index (χ1) is 9.79. The number of sulfonamides is 1. The highest BCUT2D eigenvalue weighted by Gasteiger charge is 2.18. The maximum absolute atomic E-state index is 12.1. The van der Waals surface area contributed by atoms with E-state index < -0.39 is 14.9 Å². The van der Waals surface area contributed by atoms with Crippen molar-refractivity contribution in [2.24, 2.45) is 0 Å². The summed E-state index contributed by atoms with van der Waals surface area (Å²) in [5, 5.41) is 10.5. The number of non-ortho nitro benzene ring substituents is 1. The summed E-state index contributed by atoms with van der Waals surface area (Å²) >= 11 is 8.55. The lowest BCUT2D eigenvalue weighted by atomic mass is 10.3. The Hall–Kier alpha value is -1.78. The van der Waals surface area contributed by atoms with Gasteiger partial charge in [0.1, 0.15) is 4.90 Å². The van der Waals surface area contributed by atoms with Crippen molar-refractivity contribution in [3.05, 3.63) is 50.5 Å². The lowest BCUT2D eigenvalue weighted by Crippen LogP contribution is -2.14. The minimum absolute atomic E-state index is 0.0783. The van der Waals surface area contributed by atoms with Gasteiger partial charge >= 0.3 is 0 Å². The van der Waals surface area contributed by atoms with Crippen LogP contribution in [-0.4, -0.2) is 23.3 Å². The van der Waals surface area contributed by atoms with E-state index in [2.05, 4.69) is 30.6 Å². The van der Waals surface area contributed by atoms with Gasteiger partial charge in [0, 0.05) is 16.6 Å². The normalized spacial score (nSPS) is 11.1. The molecule has 11 heteroatoms. The Kier molecular flexibility index (Phi) is 4.40. The molecule has 0 unspecified atom stereocenters. The number of aromatic nitrogens is 2.